The summed E-state index contributed by atoms with van der Waals surface area (Å²) >= 11 is 5.32. The molecule has 7 nitrogen and oxygen atoms in total. The lowest BCUT2D eigenvalue weighted by Gasteiger charge is -2.40. The quantitative estimate of drug-likeness (QED) is 0.567. The van der Waals surface area contributed by atoms with Crippen LogP contribution < -0.4 is 10.6 Å². The van der Waals surface area contributed by atoms with E-state index >= 15 is 0 Å². The fourth-order valence-corrected chi connectivity index (χ4v) is 5.33. The Hall–Kier alpha value is -2.10. The van der Waals surface area contributed by atoms with E-state index in [4.69, 9.17) is 15.7 Å². The van der Waals surface area contributed by atoms with Crippen LogP contribution in [0.4, 0.5) is 5.82 Å². The third-order valence-corrected chi connectivity index (χ3v) is 7.16. The summed E-state index contributed by atoms with van der Waals surface area (Å²) in [5, 5.41) is 0.734. The van der Waals surface area contributed by atoms with E-state index in [0.29, 0.717) is 18.1 Å². The molecule has 4 heterocycles. The van der Waals surface area contributed by atoms with E-state index < -0.39 is 0 Å². The summed E-state index contributed by atoms with van der Waals surface area (Å²) in [4.78, 5) is 26.1. The maximum Gasteiger partial charge on any atom is 0.194 e. The van der Waals surface area contributed by atoms with Crippen LogP contribution in [0.2, 0.25) is 0 Å². The molecule has 1 saturated heterocycles. The van der Waals surface area contributed by atoms with E-state index in [0.717, 1.165) is 63.1 Å². The third kappa shape index (κ3) is 3.41. The number of nitrogens with zero attached hydrogens (tertiary/aromatic N) is 6. The molecule has 0 amide bonds. The van der Waals surface area contributed by atoms with Gasteiger partial charge < -0.3 is 10.6 Å². The summed E-state index contributed by atoms with van der Waals surface area (Å²) < 4.78 is 1.15. The highest BCUT2D eigenvalue weighted by Crippen LogP contribution is 2.44. The first kappa shape index (κ1) is 18.9. The van der Waals surface area contributed by atoms with E-state index in [2.05, 4.69) is 42.7 Å². The highest BCUT2D eigenvalue weighted by molar-refractivity contribution is 9.15. The summed E-state index contributed by atoms with van der Waals surface area (Å²) in [6.07, 6.45) is 6.99. The predicted molar refractivity (Wildman–Crippen MR) is 118 cm³/mol. The summed E-state index contributed by atoms with van der Waals surface area (Å²) in [5.41, 5.74) is 10.8. The molecule has 1 fully saturated rings. The number of hydrogen-bond donors (Lipinski definition) is 1. The van der Waals surface area contributed by atoms with Crippen LogP contribution in [0, 0.1) is 5.92 Å². The zero-order chi connectivity index (χ0) is 20.0. The number of nitrogens with two attached hydrogens (primary N) is 1. The van der Waals surface area contributed by atoms with Crippen LogP contribution >= 0.6 is 27.7 Å². The normalized spacial score (nSPS) is 16.4. The Kier molecular flexibility index (Phi) is 4.97. The number of allylic oxidation sites excluding steroid dienone is 1. The molecule has 29 heavy (non-hydrogen) atoms. The Labute approximate surface area is 181 Å². The number of aromatic nitrogens is 5. The molecule has 0 unspecified atom stereocenters. The monoisotopic (exact) mass is 469 g/mol. The lowest BCUT2D eigenvalue weighted by Crippen LogP contribution is -2.50. The van der Waals surface area contributed by atoms with Gasteiger partial charge in [0.2, 0.25) is 0 Å². The molecule has 0 radical (unpaired) electrons. The van der Waals surface area contributed by atoms with E-state index in [9.17, 15) is 0 Å². The van der Waals surface area contributed by atoms with E-state index in [1.165, 1.54) is 17.3 Å². The molecule has 148 valence electrons. The van der Waals surface area contributed by atoms with Gasteiger partial charge in [0.15, 0.2) is 10.8 Å². The summed E-state index contributed by atoms with van der Waals surface area (Å²) in [5.74, 6) is 1.54. The fraction of sp³-hybridized carbons (Fsp3) is 0.350. The Morgan fingerprint density at radius 1 is 1.21 bits per heavy atom. The first-order valence-electron chi connectivity index (χ1n) is 9.64. The van der Waals surface area contributed by atoms with Gasteiger partial charge in [-0.25, -0.2) is 19.9 Å². The number of anilines is 1. The van der Waals surface area contributed by atoms with Crippen LogP contribution in [-0.2, 0) is 6.42 Å². The Morgan fingerprint density at radius 3 is 2.83 bits per heavy atom. The molecular weight excluding hydrogens is 450 g/mol. The van der Waals surface area contributed by atoms with Crippen molar-refractivity contribution >= 4 is 49.2 Å². The summed E-state index contributed by atoms with van der Waals surface area (Å²) in [7, 11) is 0. The first-order chi connectivity index (χ1) is 14.2. The van der Waals surface area contributed by atoms with Gasteiger partial charge in [-0.1, -0.05) is 22.9 Å². The van der Waals surface area contributed by atoms with Crippen molar-refractivity contribution in [3.05, 3.63) is 41.5 Å². The molecule has 3 aromatic rings. The minimum Gasteiger partial charge on any atom is -0.355 e. The standard InChI is InChI=1S/C20H20BrN7S/c1-2-12-5-14-16(17(12)21)19(28-9-11(7-22)10-28)27-20(26-14)29-13-6-15-18(25-8-13)24-4-3-23-15/h3-4,6,8,11H,2,5,7,9-10,22H2,1H3. The second kappa shape index (κ2) is 7.62. The molecule has 5 rings (SSSR count). The first-order valence-corrected chi connectivity index (χ1v) is 11.3. The van der Waals surface area contributed by atoms with Gasteiger partial charge in [-0.3, -0.25) is 4.98 Å². The van der Waals surface area contributed by atoms with E-state index in [1.807, 2.05) is 6.07 Å². The van der Waals surface area contributed by atoms with Crippen LogP contribution in [0.25, 0.3) is 15.6 Å². The van der Waals surface area contributed by atoms with Crippen LogP contribution in [0.15, 0.2) is 40.3 Å². The van der Waals surface area contributed by atoms with Crippen molar-refractivity contribution in [2.75, 3.05) is 24.5 Å². The van der Waals surface area contributed by atoms with E-state index in [1.54, 1.807) is 18.6 Å². The van der Waals surface area contributed by atoms with Crippen LogP contribution in [-0.4, -0.2) is 44.6 Å². The number of hydrogen-bond acceptors (Lipinski definition) is 8. The van der Waals surface area contributed by atoms with Crippen LogP contribution in [0.1, 0.15) is 24.6 Å². The van der Waals surface area contributed by atoms with Crippen molar-refractivity contribution < 1.29 is 0 Å². The maximum absolute atomic E-state index is 5.84. The van der Waals surface area contributed by atoms with Gasteiger partial charge in [-0.05, 0) is 36.4 Å². The van der Waals surface area contributed by atoms with Gasteiger partial charge in [0.1, 0.15) is 11.3 Å². The van der Waals surface area contributed by atoms with Crippen molar-refractivity contribution in [2.24, 2.45) is 11.7 Å². The smallest absolute Gasteiger partial charge is 0.194 e. The molecule has 0 atom stereocenters. The fourth-order valence-electron chi connectivity index (χ4n) is 3.73. The minimum absolute atomic E-state index is 0.537. The molecule has 2 aliphatic rings. The summed E-state index contributed by atoms with van der Waals surface area (Å²) in [6.45, 7) is 4.78. The summed E-state index contributed by atoms with van der Waals surface area (Å²) in [6, 6.07) is 1.98. The molecule has 2 N–H and O–H groups in total. The number of fused-ring (bicyclic) bond motifs is 2. The molecule has 0 saturated carbocycles. The van der Waals surface area contributed by atoms with E-state index in [-0.39, 0.29) is 0 Å². The number of pyridine rings is 1. The second-order valence-corrected chi connectivity index (χ2v) is 9.11. The zero-order valence-corrected chi connectivity index (χ0v) is 18.4. The van der Waals surface area contributed by atoms with Gasteiger partial charge in [0.05, 0.1) is 11.3 Å². The van der Waals surface area contributed by atoms with Crippen molar-refractivity contribution in [1.82, 2.24) is 24.9 Å². The molecule has 3 aromatic heterocycles. The van der Waals surface area contributed by atoms with Crippen LogP contribution in [0.3, 0.4) is 0 Å². The molecule has 0 aromatic carbocycles. The lowest BCUT2D eigenvalue weighted by molar-refractivity contribution is 0.415. The van der Waals surface area contributed by atoms with Crippen LogP contribution in [0.5, 0.6) is 0 Å². The Morgan fingerprint density at radius 2 is 2.03 bits per heavy atom. The highest BCUT2D eigenvalue weighted by atomic mass is 79.9. The molecular formula is C20H20BrN7S. The lowest BCUT2D eigenvalue weighted by atomic mass is 10.00. The molecule has 1 aliphatic carbocycles. The Balaban J connectivity index is 1.51. The molecule has 9 heteroatoms. The van der Waals surface area contributed by atoms with Gasteiger partial charge >= 0.3 is 0 Å². The average Bonchev–Trinajstić information content (AvgIpc) is 3.03. The molecule has 1 aliphatic heterocycles. The van der Waals surface area contributed by atoms with Gasteiger partial charge in [0, 0.05) is 53.4 Å². The van der Waals surface area contributed by atoms with Crippen molar-refractivity contribution in [2.45, 2.75) is 29.8 Å². The van der Waals surface area contributed by atoms with Gasteiger partial charge in [-0.2, -0.15) is 0 Å². The maximum atomic E-state index is 5.84. The molecule has 0 bridgehead atoms. The number of rotatable bonds is 5. The third-order valence-electron chi connectivity index (χ3n) is 5.38. The second-order valence-electron chi connectivity index (χ2n) is 7.28. The predicted octanol–water partition coefficient (Wildman–Crippen LogP) is 3.43. The molecule has 0 spiro atoms. The SMILES string of the molecule is CCC1=C(Br)c2c(nc(Sc3cnc4nccnc4c3)nc2N2CC(CN)C2)C1. The Bertz CT molecular complexity index is 1130. The topological polar surface area (TPSA) is 93.7 Å². The largest absolute Gasteiger partial charge is 0.355 e. The van der Waals surface area contributed by atoms with Gasteiger partial charge in [0.25, 0.3) is 0 Å². The number of halogens is 1. The van der Waals surface area contributed by atoms with Crippen molar-refractivity contribution in [1.29, 1.82) is 0 Å². The van der Waals surface area contributed by atoms with Crippen molar-refractivity contribution in [3.63, 3.8) is 0 Å². The highest BCUT2D eigenvalue weighted by Gasteiger charge is 2.33. The minimum atomic E-state index is 0.537. The average molecular weight is 470 g/mol. The van der Waals surface area contributed by atoms with Crippen molar-refractivity contribution in [3.8, 4) is 0 Å². The zero-order valence-electron chi connectivity index (χ0n) is 16.0. The van der Waals surface area contributed by atoms with Gasteiger partial charge in [-0.15, -0.1) is 0 Å².